The number of hydrogen-bond acceptors (Lipinski definition) is 3. The zero-order chi connectivity index (χ0) is 13.7. The zero-order valence-electron chi connectivity index (χ0n) is 11.8. The minimum Gasteiger partial charge on any atom is -0.379 e. The number of rotatable bonds is 3. The highest BCUT2D eigenvalue weighted by Gasteiger charge is 2.42. The average Bonchev–Trinajstić information content (AvgIpc) is 2.81. The van der Waals surface area contributed by atoms with Gasteiger partial charge in [0.25, 0.3) is 0 Å². The molecule has 0 aromatic rings. The first kappa shape index (κ1) is 14.3. The van der Waals surface area contributed by atoms with Gasteiger partial charge in [0.1, 0.15) is 5.41 Å². The van der Waals surface area contributed by atoms with Crippen molar-refractivity contribution in [3.63, 3.8) is 0 Å². The topological polar surface area (TPSA) is 62.1 Å². The van der Waals surface area contributed by atoms with E-state index in [1.807, 2.05) is 0 Å². The van der Waals surface area contributed by atoms with Crippen LogP contribution in [0.15, 0.2) is 0 Å². The summed E-state index contributed by atoms with van der Waals surface area (Å²) < 4.78 is 5.52. The van der Waals surface area contributed by atoms with E-state index in [-0.39, 0.29) is 18.1 Å². The lowest BCUT2D eigenvalue weighted by Crippen LogP contribution is -2.49. The van der Waals surface area contributed by atoms with E-state index in [1.54, 1.807) is 7.11 Å². The van der Waals surface area contributed by atoms with Gasteiger partial charge < -0.3 is 10.1 Å². The number of hydrogen-bond donors (Lipinski definition) is 1. The van der Waals surface area contributed by atoms with Crippen molar-refractivity contribution < 1.29 is 9.53 Å². The van der Waals surface area contributed by atoms with Gasteiger partial charge in [-0.05, 0) is 25.7 Å². The number of nitrogens with zero attached hydrogens (tertiary/aromatic N) is 1. The molecule has 0 spiro atoms. The van der Waals surface area contributed by atoms with Crippen LogP contribution in [0.4, 0.5) is 0 Å². The van der Waals surface area contributed by atoms with Crippen LogP contribution in [0.25, 0.3) is 0 Å². The molecule has 0 heterocycles. The minimum atomic E-state index is -0.773. The summed E-state index contributed by atoms with van der Waals surface area (Å²) in [6.45, 7) is 0. The summed E-state index contributed by atoms with van der Waals surface area (Å²) in [7, 11) is 1.71. The fourth-order valence-corrected chi connectivity index (χ4v) is 3.40. The molecule has 2 atom stereocenters. The summed E-state index contributed by atoms with van der Waals surface area (Å²) >= 11 is 0. The maximum absolute atomic E-state index is 12.5. The van der Waals surface area contributed by atoms with E-state index >= 15 is 0 Å². The van der Waals surface area contributed by atoms with Crippen LogP contribution in [0.1, 0.15) is 57.8 Å². The lowest BCUT2D eigenvalue weighted by molar-refractivity contribution is -0.129. The molecule has 1 N–H and O–H groups in total. The molecule has 2 saturated carbocycles. The lowest BCUT2D eigenvalue weighted by Gasteiger charge is -2.28. The van der Waals surface area contributed by atoms with Crippen LogP contribution in [0.3, 0.4) is 0 Å². The SMILES string of the molecule is CO[C@@H]1CCCCC[C@@H]1NC(=O)C1(C#N)CCCC1. The molecule has 4 heteroatoms. The molecular formula is C15H24N2O2. The first-order chi connectivity index (χ1) is 9.22. The van der Waals surface area contributed by atoms with Crippen LogP contribution < -0.4 is 5.32 Å². The first-order valence-corrected chi connectivity index (χ1v) is 7.47. The maximum atomic E-state index is 12.5. The van der Waals surface area contributed by atoms with Crippen molar-refractivity contribution in [3.05, 3.63) is 0 Å². The van der Waals surface area contributed by atoms with E-state index in [2.05, 4.69) is 11.4 Å². The standard InChI is InChI=1S/C15H24N2O2/c1-19-13-8-4-2-3-7-12(13)17-14(18)15(11-16)9-5-6-10-15/h12-13H,2-10H2,1H3,(H,17,18)/t12-,13+/m0/s1. The first-order valence-electron chi connectivity index (χ1n) is 7.47. The number of amides is 1. The van der Waals surface area contributed by atoms with Crippen molar-refractivity contribution in [1.29, 1.82) is 5.26 Å². The Morgan fingerprint density at radius 2 is 1.89 bits per heavy atom. The normalized spacial score (nSPS) is 30.3. The fourth-order valence-electron chi connectivity index (χ4n) is 3.40. The molecular weight excluding hydrogens is 240 g/mol. The Kier molecular flexibility index (Phi) is 4.81. The number of methoxy groups -OCH3 is 1. The minimum absolute atomic E-state index is 0.0681. The summed E-state index contributed by atoms with van der Waals surface area (Å²) in [6.07, 6.45) is 8.95. The Hall–Kier alpha value is -1.08. The number of carbonyl (C=O) groups excluding carboxylic acids is 1. The van der Waals surface area contributed by atoms with Gasteiger partial charge in [-0.2, -0.15) is 5.26 Å². The van der Waals surface area contributed by atoms with Gasteiger partial charge in [0.05, 0.1) is 18.2 Å². The second-order valence-corrected chi connectivity index (χ2v) is 5.89. The van der Waals surface area contributed by atoms with Crippen LogP contribution in [0, 0.1) is 16.7 Å². The van der Waals surface area contributed by atoms with Gasteiger partial charge in [-0.25, -0.2) is 0 Å². The molecule has 2 fully saturated rings. The predicted molar refractivity (Wildman–Crippen MR) is 72.3 cm³/mol. The Labute approximate surface area is 115 Å². The highest BCUT2D eigenvalue weighted by Crippen LogP contribution is 2.38. The lowest BCUT2D eigenvalue weighted by atomic mass is 9.86. The third-order valence-corrected chi connectivity index (χ3v) is 4.68. The van der Waals surface area contributed by atoms with Crippen molar-refractivity contribution in [2.45, 2.75) is 69.9 Å². The van der Waals surface area contributed by atoms with Gasteiger partial charge >= 0.3 is 0 Å². The molecule has 4 nitrogen and oxygen atoms in total. The highest BCUT2D eigenvalue weighted by atomic mass is 16.5. The van der Waals surface area contributed by atoms with Crippen molar-refractivity contribution in [2.24, 2.45) is 5.41 Å². The molecule has 2 rings (SSSR count). The van der Waals surface area contributed by atoms with E-state index in [1.165, 1.54) is 6.42 Å². The third kappa shape index (κ3) is 3.09. The molecule has 2 aliphatic rings. The van der Waals surface area contributed by atoms with E-state index < -0.39 is 5.41 Å². The molecule has 106 valence electrons. The van der Waals surface area contributed by atoms with E-state index in [9.17, 15) is 10.1 Å². The molecule has 0 saturated heterocycles. The summed E-state index contributed by atoms with van der Waals surface area (Å²) in [5, 5.41) is 12.5. The van der Waals surface area contributed by atoms with Crippen LogP contribution in [-0.2, 0) is 9.53 Å². The summed E-state index contributed by atoms with van der Waals surface area (Å²) in [6, 6.07) is 2.34. The van der Waals surface area contributed by atoms with Crippen molar-refractivity contribution in [3.8, 4) is 6.07 Å². The Balaban J connectivity index is 2.02. The summed E-state index contributed by atoms with van der Waals surface area (Å²) in [5.41, 5.74) is -0.773. The van der Waals surface area contributed by atoms with Crippen LogP contribution in [0.5, 0.6) is 0 Å². The van der Waals surface area contributed by atoms with Crippen LogP contribution >= 0.6 is 0 Å². The van der Waals surface area contributed by atoms with Gasteiger partial charge in [-0.1, -0.05) is 32.1 Å². The van der Waals surface area contributed by atoms with E-state index in [0.717, 1.165) is 38.5 Å². The molecule has 0 radical (unpaired) electrons. The second kappa shape index (κ2) is 6.38. The van der Waals surface area contributed by atoms with Crippen LogP contribution in [-0.4, -0.2) is 25.2 Å². The molecule has 0 aromatic heterocycles. The average molecular weight is 264 g/mol. The second-order valence-electron chi connectivity index (χ2n) is 5.89. The van der Waals surface area contributed by atoms with Gasteiger partial charge in [0.15, 0.2) is 0 Å². The molecule has 1 amide bonds. The van der Waals surface area contributed by atoms with Gasteiger partial charge in [0, 0.05) is 7.11 Å². The summed E-state index contributed by atoms with van der Waals surface area (Å²) in [4.78, 5) is 12.5. The predicted octanol–water partition coefficient (Wildman–Crippen LogP) is 2.53. The maximum Gasteiger partial charge on any atom is 0.240 e. The molecule has 2 aliphatic carbocycles. The highest BCUT2D eigenvalue weighted by molar-refractivity contribution is 5.86. The van der Waals surface area contributed by atoms with Crippen molar-refractivity contribution in [2.75, 3.05) is 7.11 Å². The number of carbonyl (C=O) groups is 1. The molecule has 0 aliphatic heterocycles. The molecule has 19 heavy (non-hydrogen) atoms. The third-order valence-electron chi connectivity index (χ3n) is 4.68. The van der Waals surface area contributed by atoms with E-state index in [0.29, 0.717) is 12.8 Å². The number of ether oxygens (including phenoxy) is 1. The Morgan fingerprint density at radius 3 is 2.53 bits per heavy atom. The van der Waals surface area contributed by atoms with Crippen LogP contribution in [0.2, 0.25) is 0 Å². The Bertz CT molecular complexity index is 356. The summed E-state index contributed by atoms with van der Waals surface area (Å²) in [5.74, 6) is -0.0681. The van der Waals surface area contributed by atoms with Gasteiger partial charge in [-0.15, -0.1) is 0 Å². The van der Waals surface area contributed by atoms with Crippen molar-refractivity contribution in [1.82, 2.24) is 5.32 Å². The van der Waals surface area contributed by atoms with Gasteiger partial charge in [0.2, 0.25) is 5.91 Å². The fraction of sp³-hybridized carbons (Fsp3) is 0.867. The monoisotopic (exact) mass is 264 g/mol. The number of nitrogens with one attached hydrogen (secondary N) is 1. The number of nitriles is 1. The van der Waals surface area contributed by atoms with E-state index in [4.69, 9.17) is 4.74 Å². The zero-order valence-corrected chi connectivity index (χ0v) is 11.8. The van der Waals surface area contributed by atoms with Gasteiger partial charge in [-0.3, -0.25) is 4.79 Å². The smallest absolute Gasteiger partial charge is 0.240 e. The molecule has 0 aromatic carbocycles. The Morgan fingerprint density at radius 1 is 1.21 bits per heavy atom. The molecule has 0 unspecified atom stereocenters. The molecule has 0 bridgehead atoms. The quantitative estimate of drug-likeness (QED) is 0.797. The van der Waals surface area contributed by atoms with Crippen molar-refractivity contribution >= 4 is 5.91 Å². The largest absolute Gasteiger partial charge is 0.379 e.